The van der Waals surface area contributed by atoms with E-state index >= 15 is 0 Å². The highest BCUT2D eigenvalue weighted by atomic mass is 16.3. The number of aliphatic hydroxyl groups is 4. The molecule has 0 bridgehead atoms. The van der Waals surface area contributed by atoms with Gasteiger partial charge >= 0.3 is 0 Å². The number of benzene rings is 1. The fraction of sp³-hybridized carbons (Fsp3) is 0.485. The van der Waals surface area contributed by atoms with Crippen LogP contribution >= 0.6 is 0 Å². The van der Waals surface area contributed by atoms with Crippen LogP contribution in [0.2, 0.25) is 0 Å². The van der Waals surface area contributed by atoms with E-state index in [-0.39, 0.29) is 45.3 Å². The Balaban J connectivity index is 0.00000120. The van der Waals surface area contributed by atoms with Gasteiger partial charge < -0.3 is 30.6 Å². The van der Waals surface area contributed by atoms with Gasteiger partial charge in [-0.05, 0) is 193 Å². The van der Waals surface area contributed by atoms with Crippen LogP contribution in [-0.2, 0) is 29.2 Å². The van der Waals surface area contributed by atoms with Crippen LogP contribution in [-0.4, -0.2) is 55.4 Å². The monoisotopic (exact) mass is 1020 g/mol. The summed E-state index contributed by atoms with van der Waals surface area (Å²) in [6.07, 6.45) is 36.6. The molecule has 1 aromatic rings. The average molecular weight is 1020 g/mol. The maximum Gasteiger partial charge on any atom is 0.188 e. The lowest BCUT2D eigenvalue weighted by Crippen LogP contribution is -2.26. The number of Topliss-reactive ketones (excluding diaryl/α,β-unsaturated/α-hetero) is 2. The Morgan fingerprint density at radius 3 is 0.959 bits per heavy atom. The molecule has 0 aliphatic heterocycles. The highest BCUT2D eigenvalue weighted by Gasteiger charge is 2.31. The molecule has 2 rings (SSSR count). The Hall–Kier alpha value is -5.38. The van der Waals surface area contributed by atoms with Gasteiger partial charge in [0, 0.05) is 39.0 Å². The van der Waals surface area contributed by atoms with Gasteiger partial charge in [-0.2, -0.15) is 0 Å². The third-order valence-corrected chi connectivity index (χ3v) is 13.5. The normalized spacial score (nSPS) is 15.0. The van der Waals surface area contributed by atoms with Gasteiger partial charge in [-0.25, -0.2) is 0 Å². The number of aromatic hydroxyl groups is 2. The lowest BCUT2D eigenvalue weighted by molar-refractivity contribution is -0.117. The Morgan fingerprint density at radius 1 is 0.338 bits per heavy atom. The molecule has 1 aromatic carbocycles. The van der Waals surface area contributed by atoms with Crippen LogP contribution in [0.15, 0.2) is 150 Å². The van der Waals surface area contributed by atoms with Gasteiger partial charge in [0.05, 0.1) is 26.4 Å². The number of rotatable bonds is 28. The second-order valence-electron chi connectivity index (χ2n) is 21.0. The van der Waals surface area contributed by atoms with Crippen molar-refractivity contribution < 1.29 is 40.2 Å². The summed E-state index contributed by atoms with van der Waals surface area (Å²) in [5.74, 6) is -0.735. The van der Waals surface area contributed by atoms with Crippen LogP contribution in [0, 0.1) is 6.92 Å². The van der Waals surface area contributed by atoms with Crippen LogP contribution in [0.25, 0.3) is 0 Å². The van der Waals surface area contributed by atoms with Gasteiger partial charge in [-0.3, -0.25) is 9.59 Å². The molecule has 6 N–H and O–H groups in total. The molecule has 74 heavy (non-hydrogen) atoms. The van der Waals surface area contributed by atoms with Crippen molar-refractivity contribution in [2.45, 2.75) is 201 Å². The van der Waals surface area contributed by atoms with E-state index in [0.29, 0.717) is 48.0 Å². The summed E-state index contributed by atoms with van der Waals surface area (Å²) in [4.78, 5) is 24.2. The smallest absolute Gasteiger partial charge is 0.188 e. The van der Waals surface area contributed by atoms with Crippen LogP contribution < -0.4 is 0 Å². The lowest BCUT2D eigenvalue weighted by atomic mass is 9.83. The molecule has 0 radical (unpaired) electrons. The summed E-state index contributed by atoms with van der Waals surface area (Å²) in [6.45, 7) is 29.6. The van der Waals surface area contributed by atoms with E-state index in [1.807, 2.05) is 19.9 Å². The third kappa shape index (κ3) is 24.8. The predicted octanol–water partition coefficient (Wildman–Crippen LogP) is 15.8. The molecule has 0 atom stereocenters. The van der Waals surface area contributed by atoms with Crippen molar-refractivity contribution in [3.8, 4) is 11.5 Å². The first kappa shape index (κ1) is 66.6. The number of aliphatic hydroxyl groups excluding tert-OH is 4. The molecular formula is C66H96O8. The number of ketones is 2. The minimum absolute atomic E-state index is 0.0240. The van der Waals surface area contributed by atoms with E-state index in [9.17, 15) is 35.1 Å². The zero-order valence-electron chi connectivity index (χ0n) is 48.4. The standard InChI is InChI=1S/C51H76O4.C15H20O4/c1-36(2)16-17-38(4)20-21-40(6)24-25-42(8)28-29-44(10)32-33-45(11)31-30-43(9)27-26-41(7)23-22-39(5)19-18-37(3)14-13-15-47-46(12)50(54)48(34-52)49(35-53)51(47)55;1-9(2)5-4-6-11-10(3)14(18)12(7-16)13(8-17)15(11)19/h14,16,19-20,23-24,27-28,31-32,52-55H,13,15,17-18,21-22,25-26,29-30,33-35H2,1-12H3;5,16-17H,4,6-8H2,1-3H3/b37-14+,38-20+,39-19+,40-24+,41-23+,42-28+,43-27+,44-32+,45-31+;. The van der Waals surface area contributed by atoms with E-state index in [2.05, 4.69) is 137 Å². The second-order valence-corrected chi connectivity index (χ2v) is 21.0. The van der Waals surface area contributed by atoms with E-state index in [4.69, 9.17) is 5.11 Å². The zero-order chi connectivity index (χ0) is 56.1. The van der Waals surface area contributed by atoms with Gasteiger partial charge in [0.1, 0.15) is 11.5 Å². The summed E-state index contributed by atoms with van der Waals surface area (Å²) >= 11 is 0. The summed E-state index contributed by atoms with van der Waals surface area (Å²) in [6, 6.07) is 0. The Morgan fingerprint density at radius 2 is 0.635 bits per heavy atom. The largest absolute Gasteiger partial charge is 0.507 e. The molecule has 0 spiro atoms. The number of phenols is 2. The molecule has 0 saturated heterocycles. The van der Waals surface area contributed by atoms with Crippen molar-refractivity contribution in [3.05, 3.63) is 173 Å². The molecule has 408 valence electrons. The lowest BCUT2D eigenvalue weighted by Gasteiger charge is -2.20. The Bertz CT molecular complexity index is 2480. The van der Waals surface area contributed by atoms with E-state index < -0.39 is 26.4 Å². The summed E-state index contributed by atoms with van der Waals surface area (Å²) in [7, 11) is 0. The molecule has 0 aromatic heterocycles. The van der Waals surface area contributed by atoms with Gasteiger partial charge in [0.15, 0.2) is 11.6 Å². The Kier molecular flexibility index (Phi) is 32.2. The minimum Gasteiger partial charge on any atom is -0.507 e. The second kappa shape index (κ2) is 35.8. The molecule has 0 unspecified atom stereocenters. The molecule has 0 fully saturated rings. The molecule has 1 aliphatic carbocycles. The SMILES string of the molecule is CC(C)=CC/C(C)=C/C/C(C)=C/C/C(C)=C/C/C(C)=C/C/C(C)=C/C/C(C)=C/C/C(C)=C/C/C(C)=C/C/C(C)=C/CCc1c(C)c(O)c(CO)c(CO)c1O.CC(C)=CCCC1=C(C)C(=O)C(CO)=C(CO)C1=O. The molecule has 8 nitrogen and oxygen atoms in total. The highest BCUT2D eigenvalue weighted by molar-refractivity contribution is 6.25. The molecule has 0 heterocycles. The molecule has 0 amide bonds. The van der Waals surface area contributed by atoms with E-state index in [0.717, 1.165) is 63.4 Å². The van der Waals surface area contributed by atoms with Crippen molar-refractivity contribution in [3.63, 3.8) is 0 Å². The predicted molar refractivity (Wildman–Crippen MR) is 312 cm³/mol. The summed E-state index contributed by atoms with van der Waals surface area (Å²) in [5.41, 5.74) is 17.5. The molecule has 1 aliphatic rings. The van der Waals surface area contributed by atoms with Crippen LogP contribution in [0.1, 0.15) is 196 Å². The van der Waals surface area contributed by atoms with Crippen molar-refractivity contribution in [1.82, 2.24) is 0 Å². The Labute approximate surface area is 447 Å². The molecule has 0 saturated carbocycles. The number of hydrogen-bond donors (Lipinski definition) is 6. The quantitative estimate of drug-likeness (QED) is 0.0275. The summed E-state index contributed by atoms with van der Waals surface area (Å²) in [5, 5.41) is 58.7. The first-order valence-corrected chi connectivity index (χ1v) is 26.6. The first-order valence-electron chi connectivity index (χ1n) is 26.6. The summed E-state index contributed by atoms with van der Waals surface area (Å²) < 4.78 is 0. The van der Waals surface area contributed by atoms with Gasteiger partial charge in [-0.15, -0.1) is 0 Å². The topological polar surface area (TPSA) is 156 Å². The van der Waals surface area contributed by atoms with Gasteiger partial charge in [0.2, 0.25) is 0 Å². The minimum atomic E-state index is -0.515. The van der Waals surface area contributed by atoms with E-state index in [1.54, 1.807) is 13.8 Å². The van der Waals surface area contributed by atoms with Crippen molar-refractivity contribution >= 4 is 11.6 Å². The van der Waals surface area contributed by atoms with Crippen molar-refractivity contribution in [2.24, 2.45) is 0 Å². The zero-order valence-corrected chi connectivity index (χ0v) is 48.4. The van der Waals surface area contributed by atoms with Gasteiger partial charge in [0.25, 0.3) is 0 Å². The number of allylic oxidation sites excluding steroid dienone is 24. The van der Waals surface area contributed by atoms with Crippen LogP contribution in [0.5, 0.6) is 11.5 Å². The highest BCUT2D eigenvalue weighted by Crippen LogP contribution is 2.38. The molecule has 8 heteroatoms. The maximum atomic E-state index is 12.2. The maximum absolute atomic E-state index is 12.2. The third-order valence-electron chi connectivity index (χ3n) is 13.5. The van der Waals surface area contributed by atoms with Crippen molar-refractivity contribution in [2.75, 3.05) is 13.2 Å². The van der Waals surface area contributed by atoms with E-state index in [1.165, 1.54) is 55.7 Å². The van der Waals surface area contributed by atoms with Crippen LogP contribution in [0.4, 0.5) is 0 Å². The first-order chi connectivity index (χ1) is 34.9. The van der Waals surface area contributed by atoms with Crippen molar-refractivity contribution in [1.29, 1.82) is 0 Å². The molecular weight excluding hydrogens is 921 g/mol. The van der Waals surface area contributed by atoms with Gasteiger partial charge in [-0.1, -0.05) is 128 Å². The number of hydrogen-bond acceptors (Lipinski definition) is 8. The number of carbonyl (C=O) groups is 2. The fourth-order valence-corrected chi connectivity index (χ4v) is 8.05. The fourth-order valence-electron chi connectivity index (χ4n) is 8.05. The number of carbonyl (C=O) groups excluding carboxylic acids is 2. The van der Waals surface area contributed by atoms with Crippen LogP contribution in [0.3, 0.4) is 0 Å². The average Bonchev–Trinajstić information content (AvgIpc) is 3.36.